The van der Waals surface area contributed by atoms with Crippen LogP contribution >= 0.6 is 0 Å². The first-order valence-corrected chi connectivity index (χ1v) is 25.8. The van der Waals surface area contributed by atoms with Gasteiger partial charge < -0.3 is 19.2 Å². The summed E-state index contributed by atoms with van der Waals surface area (Å²) in [5.41, 5.74) is 0. The van der Waals surface area contributed by atoms with Gasteiger partial charge >= 0.3 is 0 Å². The summed E-state index contributed by atoms with van der Waals surface area (Å²) in [5.74, 6) is -1.32. The second-order valence-electron chi connectivity index (χ2n) is 16.9. The number of quaternary nitrogens is 2. The minimum atomic E-state index is -4.29. The fourth-order valence-corrected chi connectivity index (χ4v) is 9.62. The summed E-state index contributed by atoms with van der Waals surface area (Å²) in [6, 6.07) is 0. The summed E-state index contributed by atoms with van der Waals surface area (Å²) in [5, 5.41) is 21.5. The molecule has 12 heteroatoms. The smallest absolute Gasteiger partial charge is 0.267 e. The highest BCUT2D eigenvalue weighted by molar-refractivity contribution is 7.86. The van der Waals surface area contributed by atoms with Gasteiger partial charge in [-0.3, -0.25) is 9.11 Å². The van der Waals surface area contributed by atoms with Gasteiger partial charge in [0.05, 0.1) is 39.3 Å². The summed E-state index contributed by atoms with van der Waals surface area (Å²) >= 11 is 0. The second kappa shape index (κ2) is 32.6. The molecule has 0 heterocycles. The molecule has 0 aliphatic rings. The number of nitrogens with zero attached hydrogens (tertiary/aromatic N) is 2. The van der Waals surface area contributed by atoms with Crippen molar-refractivity contribution in [1.29, 1.82) is 0 Å². The van der Waals surface area contributed by atoms with E-state index >= 15 is 0 Å². The van der Waals surface area contributed by atoms with Crippen molar-refractivity contribution in [2.24, 2.45) is 0 Å². The van der Waals surface area contributed by atoms with E-state index in [-0.39, 0.29) is 13.1 Å². The van der Waals surface area contributed by atoms with Crippen LogP contribution in [0, 0.1) is 0 Å². The molecule has 0 rings (SSSR count). The largest absolute Gasteiger partial charge is 0.386 e. The third-order valence-electron chi connectivity index (χ3n) is 11.8. The second-order valence-corrected chi connectivity index (χ2v) is 19.9. The van der Waals surface area contributed by atoms with E-state index in [0.29, 0.717) is 8.97 Å². The zero-order valence-electron chi connectivity index (χ0n) is 35.7. The van der Waals surface area contributed by atoms with E-state index < -0.39 is 43.9 Å². The molecule has 326 valence electrons. The molecule has 0 aromatic rings. The molecule has 0 amide bonds. The van der Waals surface area contributed by atoms with Crippen LogP contribution in [0.15, 0.2) is 0 Å². The summed E-state index contributed by atoms with van der Waals surface area (Å²) in [4.78, 5) is 0. The molecule has 4 atom stereocenters. The Morgan fingerprint density at radius 1 is 0.370 bits per heavy atom. The Balaban J connectivity index is 5.20. The Kier molecular flexibility index (Phi) is 32.4. The van der Waals surface area contributed by atoms with Crippen molar-refractivity contribution in [3.8, 4) is 0 Å². The van der Waals surface area contributed by atoms with Crippen LogP contribution in [0.3, 0.4) is 0 Å². The van der Waals surface area contributed by atoms with Crippen molar-refractivity contribution in [3.05, 3.63) is 0 Å². The van der Waals surface area contributed by atoms with Crippen LogP contribution in [0.1, 0.15) is 195 Å². The monoisotopic (exact) mass is 815 g/mol. The third kappa shape index (κ3) is 31.7. The SMILES string of the molecule is CCCCCCCCCCCCCC[N+](CC)(CCCC[N+](CC)(CCCCCCCCCCCCCC)CC(O)CS(=O)(=O)O)CC(O)CS(=O)(=O)O. The molecule has 4 N–H and O–H groups in total. The molecule has 0 aromatic heterocycles. The lowest BCUT2D eigenvalue weighted by molar-refractivity contribution is -0.935. The molecule has 0 aliphatic heterocycles. The van der Waals surface area contributed by atoms with Gasteiger partial charge in [-0.15, -0.1) is 0 Å². The Bertz CT molecular complexity index is 994. The van der Waals surface area contributed by atoms with E-state index in [1.807, 2.05) is 0 Å². The number of likely N-dealkylation sites (N-methyl/N-ethyl adjacent to an activating group) is 2. The molecule has 0 radical (unpaired) electrons. The van der Waals surface area contributed by atoms with Crippen molar-refractivity contribution in [1.82, 2.24) is 0 Å². The first kappa shape index (κ1) is 53.7. The van der Waals surface area contributed by atoms with Gasteiger partial charge in [0, 0.05) is 12.8 Å². The van der Waals surface area contributed by atoms with Crippen molar-refractivity contribution in [2.45, 2.75) is 207 Å². The minimum absolute atomic E-state index is 0.272. The number of hydrogen-bond donors (Lipinski definition) is 4. The maximum Gasteiger partial charge on any atom is 0.267 e. The Labute approximate surface area is 334 Å². The quantitative estimate of drug-likeness (QED) is 0.0271. The molecule has 4 unspecified atom stereocenters. The lowest BCUT2D eigenvalue weighted by Gasteiger charge is -2.41. The van der Waals surface area contributed by atoms with Crippen molar-refractivity contribution < 1.29 is 45.1 Å². The fourth-order valence-electron chi connectivity index (χ4n) is 8.44. The zero-order chi connectivity index (χ0) is 40.6. The molecule has 0 bridgehead atoms. The molecule has 0 fully saturated rings. The number of hydrogen-bond acceptors (Lipinski definition) is 6. The van der Waals surface area contributed by atoms with E-state index in [4.69, 9.17) is 0 Å². The van der Waals surface area contributed by atoms with Crippen LogP contribution in [0.5, 0.6) is 0 Å². The Morgan fingerprint density at radius 3 is 0.778 bits per heavy atom. The minimum Gasteiger partial charge on any atom is -0.386 e. The van der Waals surface area contributed by atoms with Crippen molar-refractivity contribution >= 4 is 20.2 Å². The Morgan fingerprint density at radius 2 is 0.574 bits per heavy atom. The highest BCUT2D eigenvalue weighted by Gasteiger charge is 2.33. The number of aliphatic hydroxyl groups excluding tert-OH is 2. The summed E-state index contributed by atoms with van der Waals surface area (Å²) in [6.07, 6.45) is 29.5. The molecule has 0 aromatic carbocycles. The first-order valence-electron chi connectivity index (χ1n) is 22.6. The fraction of sp³-hybridized carbons (Fsp3) is 1.00. The summed E-state index contributed by atoms with van der Waals surface area (Å²) in [6.45, 7) is 13.9. The summed E-state index contributed by atoms with van der Waals surface area (Å²) < 4.78 is 66.5. The average Bonchev–Trinajstić information content (AvgIpc) is 3.09. The maximum absolute atomic E-state index is 11.6. The lowest BCUT2D eigenvalue weighted by Crippen LogP contribution is -2.56. The molecule has 10 nitrogen and oxygen atoms in total. The van der Waals surface area contributed by atoms with Crippen molar-refractivity contribution in [2.75, 3.05) is 63.9 Å². The van der Waals surface area contributed by atoms with Gasteiger partial charge in [0.25, 0.3) is 20.2 Å². The van der Waals surface area contributed by atoms with Gasteiger partial charge in [-0.05, 0) is 39.5 Å². The first-order chi connectivity index (χ1) is 25.7. The predicted octanol–water partition coefficient (Wildman–Crippen LogP) is 9.34. The van der Waals surface area contributed by atoms with Gasteiger partial charge in [0.1, 0.15) is 36.8 Å². The van der Waals surface area contributed by atoms with Crippen LogP contribution in [-0.2, 0) is 20.2 Å². The number of aliphatic hydroxyl groups is 2. The molecular weight excluding hydrogens is 725 g/mol. The van der Waals surface area contributed by atoms with Crippen LogP contribution in [-0.4, -0.2) is 121 Å². The summed E-state index contributed by atoms with van der Waals surface area (Å²) in [7, 11) is -8.59. The van der Waals surface area contributed by atoms with E-state index in [9.17, 15) is 36.2 Å². The normalized spacial score (nSPS) is 15.9. The van der Waals surface area contributed by atoms with Gasteiger partial charge in [-0.25, -0.2) is 0 Å². The van der Waals surface area contributed by atoms with Gasteiger partial charge in [-0.2, -0.15) is 16.8 Å². The topological polar surface area (TPSA) is 149 Å². The van der Waals surface area contributed by atoms with Crippen LogP contribution in [0.2, 0.25) is 0 Å². The van der Waals surface area contributed by atoms with Crippen molar-refractivity contribution in [3.63, 3.8) is 0 Å². The highest BCUT2D eigenvalue weighted by atomic mass is 32.2. The van der Waals surface area contributed by atoms with Gasteiger partial charge in [0.2, 0.25) is 0 Å². The number of rotatable bonds is 41. The van der Waals surface area contributed by atoms with Crippen LogP contribution in [0.25, 0.3) is 0 Å². The lowest BCUT2D eigenvalue weighted by atomic mass is 10.0. The van der Waals surface area contributed by atoms with Crippen LogP contribution in [0.4, 0.5) is 0 Å². The highest BCUT2D eigenvalue weighted by Crippen LogP contribution is 2.20. The zero-order valence-corrected chi connectivity index (χ0v) is 37.4. The standard InChI is InChI=1S/C42H88N2O8S2/c1-5-9-11-13-15-17-19-21-23-25-27-29-33-43(7-3,37-41(45)39-53(47,48)49)35-31-32-36-44(8-4,38-42(46)40-54(50,51)52)34-30-28-26-24-22-20-18-16-14-12-10-6-2/h41-42,45-46H,5-40H2,1-4H3/p+2. The molecule has 0 saturated heterocycles. The maximum atomic E-state index is 11.6. The Hall–Kier alpha value is -0.340. The van der Waals surface area contributed by atoms with E-state index in [1.165, 1.54) is 128 Å². The average molecular weight is 815 g/mol. The predicted molar refractivity (Wildman–Crippen MR) is 227 cm³/mol. The molecule has 0 aliphatic carbocycles. The third-order valence-corrected chi connectivity index (χ3v) is 13.4. The molecule has 54 heavy (non-hydrogen) atoms. The van der Waals surface area contributed by atoms with Gasteiger partial charge in [-0.1, -0.05) is 142 Å². The van der Waals surface area contributed by atoms with Crippen LogP contribution < -0.4 is 0 Å². The van der Waals surface area contributed by atoms with E-state index in [1.54, 1.807) is 0 Å². The number of unbranched alkanes of at least 4 members (excludes halogenated alkanes) is 23. The van der Waals surface area contributed by atoms with Gasteiger partial charge in [0.15, 0.2) is 0 Å². The molecular formula is C42H90N2O8S2+2. The molecule has 0 saturated carbocycles. The molecule has 0 spiro atoms. The van der Waals surface area contributed by atoms with E-state index in [2.05, 4.69) is 27.7 Å². The van der Waals surface area contributed by atoms with E-state index in [0.717, 1.165) is 77.8 Å².